The molecule has 1 N–H and O–H groups in total. The molecule has 0 atom stereocenters. The Bertz CT molecular complexity index is 732. The van der Waals surface area contributed by atoms with Crippen molar-refractivity contribution in [1.82, 2.24) is 4.98 Å². The van der Waals surface area contributed by atoms with Crippen LogP contribution in [0.5, 0.6) is 5.75 Å². The van der Waals surface area contributed by atoms with Crippen molar-refractivity contribution in [3.63, 3.8) is 0 Å². The van der Waals surface area contributed by atoms with Crippen molar-refractivity contribution in [3.05, 3.63) is 54.6 Å². The van der Waals surface area contributed by atoms with E-state index < -0.39 is 6.36 Å². The van der Waals surface area contributed by atoms with E-state index in [9.17, 15) is 13.2 Å². The molecule has 3 rings (SSSR count). The average Bonchev–Trinajstić information content (AvgIpc) is 2.81. The van der Waals surface area contributed by atoms with E-state index in [1.54, 1.807) is 12.1 Å². The summed E-state index contributed by atoms with van der Waals surface area (Å²) >= 11 is 0. The number of alkyl halides is 3. The maximum Gasteiger partial charge on any atom is 0.573 e. The highest BCUT2D eigenvalue weighted by Gasteiger charge is 2.31. The van der Waals surface area contributed by atoms with Gasteiger partial charge in [0.25, 0.3) is 0 Å². The van der Waals surface area contributed by atoms with Crippen LogP contribution >= 0.6 is 0 Å². The maximum atomic E-state index is 12.2. The van der Waals surface area contributed by atoms with Gasteiger partial charge in [0.2, 0.25) is 0 Å². The number of hydrogen-bond acceptors (Lipinski definition) is 1. The van der Waals surface area contributed by atoms with Crippen molar-refractivity contribution in [2.75, 3.05) is 0 Å². The second-order valence-corrected chi connectivity index (χ2v) is 4.35. The Morgan fingerprint density at radius 3 is 2.35 bits per heavy atom. The Morgan fingerprint density at radius 1 is 0.900 bits per heavy atom. The summed E-state index contributed by atoms with van der Waals surface area (Å²) in [6, 6.07) is 15.6. The van der Waals surface area contributed by atoms with Gasteiger partial charge in [-0.2, -0.15) is 0 Å². The van der Waals surface area contributed by atoms with Crippen molar-refractivity contribution in [2.24, 2.45) is 0 Å². The van der Waals surface area contributed by atoms with E-state index in [1.807, 2.05) is 30.3 Å². The van der Waals surface area contributed by atoms with Crippen molar-refractivity contribution in [2.45, 2.75) is 6.36 Å². The van der Waals surface area contributed by atoms with Crippen LogP contribution in [0.15, 0.2) is 54.6 Å². The number of benzene rings is 2. The molecule has 20 heavy (non-hydrogen) atoms. The number of hydrogen-bond donors (Lipinski definition) is 1. The molecule has 102 valence electrons. The fourth-order valence-electron chi connectivity index (χ4n) is 2.08. The van der Waals surface area contributed by atoms with Crippen LogP contribution in [0.3, 0.4) is 0 Å². The van der Waals surface area contributed by atoms with Crippen LogP contribution in [0.4, 0.5) is 13.2 Å². The van der Waals surface area contributed by atoms with E-state index in [0.717, 1.165) is 16.8 Å². The molecule has 0 saturated heterocycles. The highest BCUT2D eigenvalue weighted by molar-refractivity contribution is 5.86. The van der Waals surface area contributed by atoms with Crippen LogP contribution in [0.1, 0.15) is 0 Å². The number of fused-ring (bicyclic) bond motifs is 1. The van der Waals surface area contributed by atoms with Crippen LogP contribution in [-0.4, -0.2) is 11.3 Å². The van der Waals surface area contributed by atoms with Crippen LogP contribution in [0, 0.1) is 0 Å². The van der Waals surface area contributed by atoms with E-state index in [0.29, 0.717) is 5.39 Å². The SMILES string of the molecule is FC(F)(F)Oc1ccc2[nH]c(-c3ccccc3)cc2c1. The lowest BCUT2D eigenvalue weighted by molar-refractivity contribution is -0.274. The van der Waals surface area contributed by atoms with Crippen molar-refractivity contribution >= 4 is 10.9 Å². The molecule has 0 unspecified atom stereocenters. The molecule has 2 nitrogen and oxygen atoms in total. The Balaban J connectivity index is 2.00. The van der Waals surface area contributed by atoms with Crippen molar-refractivity contribution < 1.29 is 17.9 Å². The van der Waals surface area contributed by atoms with E-state index in [2.05, 4.69) is 9.72 Å². The van der Waals surface area contributed by atoms with E-state index >= 15 is 0 Å². The number of rotatable bonds is 2. The highest BCUT2D eigenvalue weighted by atomic mass is 19.4. The summed E-state index contributed by atoms with van der Waals surface area (Å²) in [5, 5.41) is 0.672. The van der Waals surface area contributed by atoms with Gasteiger partial charge in [0.15, 0.2) is 0 Å². The summed E-state index contributed by atoms with van der Waals surface area (Å²) in [6.07, 6.45) is -4.67. The van der Waals surface area contributed by atoms with Gasteiger partial charge in [0, 0.05) is 16.6 Å². The normalized spacial score (nSPS) is 11.8. The minimum absolute atomic E-state index is 0.219. The topological polar surface area (TPSA) is 25.0 Å². The molecule has 1 heterocycles. The van der Waals surface area contributed by atoms with E-state index in [1.165, 1.54) is 12.1 Å². The maximum absolute atomic E-state index is 12.2. The third kappa shape index (κ3) is 2.61. The smallest absolute Gasteiger partial charge is 0.406 e. The first-order valence-electron chi connectivity index (χ1n) is 5.95. The molecule has 5 heteroatoms. The zero-order chi connectivity index (χ0) is 14.2. The highest BCUT2D eigenvalue weighted by Crippen LogP contribution is 2.29. The lowest BCUT2D eigenvalue weighted by atomic mass is 10.1. The van der Waals surface area contributed by atoms with Gasteiger partial charge in [-0.1, -0.05) is 30.3 Å². The summed E-state index contributed by atoms with van der Waals surface area (Å²) < 4.78 is 40.5. The molecular formula is C15H10F3NO. The average molecular weight is 277 g/mol. The zero-order valence-corrected chi connectivity index (χ0v) is 10.2. The Kier molecular flexibility index (Phi) is 2.89. The molecule has 3 aromatic rings. The molecule has 2 aromatic carbocycles. The first kappa shape index (κ1) is 12.6. The van der Waals surface area contributed by atoms with Gasteiger partial charge in [-0.15, -0.1) is 13.2 Å². The molecule has 0 spiro atoms. The Hall–Kier alpha value is -2.43. The van der Waals surface area contributed by atoms with Crippen LogP contribution < -0.4 is 4.74 Å². The Morgan fingerprint density at radius 2 is 1.65 bits per heavy atom. The summed E-state index contributed by atoms with van der Waals surface area (Å²) in [6.45, 7) is 0. The molecule has 0 saturated carbocycles. The van der Waals surface area contributed by atoms with Crippen LogP contribution in [0.2, 0.25) is 0 Å². The standard InChI is InChI=1S/C15H10F3NO/c16-15(17,18)20-12-6-7-13-11(8-12)9-14(19-13)10-4-2-1-3-5-10/h1-9,19H. The third-order valence-corrected chi connectivity index (χ3v) is 2.91. The number of halogens is 3. The minimum atomic E-state index is -4.67. The monoisotopic (exact) mass is 277 g/mol. The fourth-order valence-corrected chi connectivity index (χ4v) is 2.08. The number of aromatic amines is 1. The number of nitrogens with one attached hydrogen (secondary N) is 1. The second kappa shape index (κ2) is 4.59. The lowest BCUT2D eigenvalue weighted by Crippen LogP contribution is -2.16. The van der Waals surface area contributed by atoms with Crippen LogP contribution in [-0.2, 0) is 0 Å². The summed E-state index contributed by atoms with van der Waals surface area (Å²) in [5.74, 6) is -0.219. The molecule has 0 bridgehead atoms. The van der Waals surface area contributed by atoms with Crippen LogP contribution in [0.25, 0.3) is 22.2 Å². The molecule has 0 aliphatic carbocycles. The number of ether oxygens (including phenoxy) is 1. The molecule has 0 aliphatic heterocycles. The van der Waals surface area contributed by atoms with Gasteiger partial charge in [0.05, 0.1) is 0 Å². The van der Waals surface area contributed by atoms with Gasteiger partial charge in [-0.05, 0) is 29.8 Å². The predicted molar refractivity (Wildman–Crippen MR) is 70.4 cm³/mol. The largest absolute Gasteiger partial charge is 0.573 e. The quantitative estimate of drug-likeness (QED) is 0.719. The first-order chi connectivity index (χ1) is 9.51. The summed E-state index contributed by atoms with van der Waals surface area (Å²) in [7, 11) is 0. The van der Waals surface area contributed by atoms with Gasteiger partial charge in [0.1, 0.15) is 5.75 Å². The molecular weight excluding hydrogens is 267 g/mol. The predicted octanol–water partition coefficient (Wildman–Crippen LogP) is 4.73. The molecule has 0 aliphatic rings. The lowest BCUT2D eigenvalue weighted by Gasteiger charge is -2.08. The molecule has 1 aromatic heterocycles. The second-order valence-electron chi connectivity index (χ2n) is 4.35. The fraction of sp³-hybridized carbons (Fsp3) is 0.0667. The van der Waals surface area contributed by atoms with Gasteiger partial charge < -0.3 is 9.72 Å². The summed E-state index contributed by atoms with van der Waals surface area (Å²) in [5.41, 5.74) is 2.59. The third-order valence-electron chi connectivity index (χ3n) is 2.91. The zero-order valence-electron chi connectivity index (χ0n) is 10.2. The van der Waals surface area contributed by atoms with Gasteiger partial charge >= 0.3 is 6.36 Å². The molecule has 0 radical (unpaired) electrons. The first-order valence-corrected chi connectivity index (χ1v) is 5.95. The molecule has 0 fully saturated rings. The van der Waals surface area contributed by atoms with Gasteiger partial charge in [-0.25, -0.2) is 0 Å². The van der Waals surface area contributed by atoms with Gasteiger partial charge in [-0.3, -0.25) is 0 Å². The number of aromatic nitrogens is 1. The molecule has 0 amide bonds. The van der Waals surface area contributed by atoms with Crippen molar-refractivity contribution in [3.8, 4) is 17.0 Å². The van der Waals surface area contributed by atoms with E-state index in [-0.39, 0.29) is 5.75 Å². The Labute approximate surface area is 112 Å². The minimum Gasteiger partial charge on any atom is -0.406 e. The number of H-pyrrole nitrogens is 1. The summed E-state index contributed by atoms with van der Waals surface area (Å²) in [4.78, 5) is 3.17. The van der Waals surface area contributed by atoms with Crippen molar-refractivity contribution in [1.29, 1.82) is 0 Å². The van der Waals surface area contributed by atoms with E-state index in [4.69, 9.17) is 0 Å².